The van der Waals surface area contributed by atoms with Crippen molar-refractivity contribution in [2.24, 2.45) is 0 Å². The molecule has 0 spiro atoms. The molecule has 3 aromatic carbocycles. The average molecular weight is 505 g/mol. The molecule has 7 nitrogen and oxygen atoms in total. The molecular weight excluding hydrogens is 484 g/mol. The molecular formula is C26H20N2O5S2. The van der Waals surface area contributed by atoms with Crippen molar-refractivity contribution in [3.63, 3.8) is 0 Å². The van der Waals surface area contributed by atoms with Crippen molar-refractivity contribution in [3.05, 3.63) is 83.4 Å². The molecule has 176 valence electrons. The number of benzene rings is 3. The van der Waals surface area contributed by atoms with E-state index in [0.29, 0.717) is 18.3 Å². The van der Waals surface area contributed by atoms with Gasteiger partial charge < -0.3 is 4.74 Å². The zero-order valence-electron chi connectivity index (χ0n) is 18.5. The van der Waals surface area contributed by atoms with Crippen molar-refractivity contribution >= 4 is 48.2 Å². The van der Waals surface area contributed by atoms with Crippen molar-refractivity contribution in [3.8, 4) is 0 Å². The van der Waals surface area contributed by atoms with Crippen molar-refractivity contribution < 1.29 is 22.7 Å². The number of carbonyl (C=O) groups excluding carboxylic acids is 2. The molecule has 2 aliphatic rings. The second kappa shape index (κ2) is 8.37. The van der Waals surface area contributed by atoms with E-state index in [-0.39, 0.29) is 44.3 Å². The van der Waals surface area contributed by atoms with Gasteiger partial charge in [0.15, 0.2) is 10.9 Å². The number of thiazole rings is 1. The van der Waals surface area contributed by atoms with E-state index in [0.717, 1.165) is 23.1 Å². The molecule has 0 aliphatic carbocycles. The Morgan fingerprint density at radius 2 is 1.80 bits per heavy atom. The van der Waals surface area contributed by atoms with Gasteiger partial charge in [-0.1, -0.05) is 35.6 Å². The van der Waals surface area contributed by atoms with Gasteiger partial charge in [-0.05, 0) is 55.3 Å². The summed E-state index contributed by atoms with van der Waals surface area (Å²) in [5.41, 5.74) is 1.18. The van der Waals surface area contributed by atoms with Gasteiger partial charge in [0.25, 0.3) is 5.91 Å². The number of carbonyl (C=O) groups is 2. The number of ether oxygens (including phenoxy) is 1. The van der Waals surface area contributed by atoms with E-state index in [1.165, 1.54) is 41.7 Å². The molecule has 0 saturated carbocycles. The highest BCUT2D eigenvalue weighted by atomic mass is 32.2. The van der Waals surface area contributed by atoms with E-state index < -0.39 is 9.84 Å². The summed E-state index contributed by atoms with van der Waals surface area (Å²) < 4.78 is 33.4. The fourth-order valence-electron chi connectivity index (χ4n) is 4.59. The summed E-state index contributed by atoms with van der Waals surface area (Å²) in [5.74, 6) is -0.754. The number of anilines is 1. The zero-order valence-corrected chi connectivity index (χ0v) is 20.1. The number of amides is 1. The van der Waals surface area contributed by atoms with Crippen LogP contribution in [-0.2, 0) is 14.6 Å². The zero-order chi connectivity index (χ0) is 24.2. The van der Waals surface area contributed by atoms with Gasteiger partial charge in [-0.15, -0.1) is 0 Å². The Morgan fingerprint density at radius 3 is 2.60 bits per heavy atom. The summed E-state index contributed by atoms with van der Waals surface area (Å²) in [6.45, 7) is 0.954. The number of aromatic nitrogens is 1. The van der Waals surface area contributed by atoms with Gasteiger partial charge in [0.1, 0.15) is 0 Å². The Kier molecular flexibility index (Phi) is 5.28. The SMILES string of the molecule is O=C1c2ccccc2S(=O)(=O)c2cc(C(=O)N(CC3CCCO3)c3nc4ccccc4s3)ccc21. The predicted molar refractivity (Wildman–Crippen MR) is 132 cm³/mol. The number of sulfone groups is 1. The topological polar surface area (TPSA) is 93.6 Å². The number of fused-ring (bicyclic) bond motifs is 3. The highest BCUT2D eigenvalue weighted by Gasteiger charge is 2.36. The van der Waals surface area contributed by atoms with Crippen LogP contribution in [0.25, 0.3) is 10.2 Å². The van der Waals surface area contributed by atoms with Gasteiger partial charge in [0.2, 0.25) is 9.84 Å². The summed E-state index contributed by atoms with van der Waals surface area (Å²) in [6, 6.07) is 18.0. The molecule has 0 radical (unpaired) electrons. The second-order valence-corrected chi connectivity index (χ2v) is 11.5. The van der Waals surface area contributed by atoms with Crippen molar-refractivity contribution in [2.45, 2.75) is 28.7 Å². The van der Waals surface area contributed by atoms with Crippen LogP contribution in [0, 0.1) is 0 Å². The minimum atomic E-state index is -3.95. The molecule has 1 amide bonds. The number of ketones is 1. The number of para-hydroxylation sites is 1. The van der Waals surface area contributed by atoms with E-state index in [2.05, 4.69) is 4.98 Å². The van der Waals surface area contributed by atoms with Crippen LogP contribution in [0.3, 0.4) is 0 Å². The maximum Gasteiger partial charge on any atom is 0.260 e. The number of hydrogen-bond donors (Lipinski definition) is 0. The highest BCUT2D eigenvalue weighted by molar-refractivity contribution is 7.91. The first-order chi connectivity index (χ1) is 16.9. The summed E-state index contributed by atoms with van der Waals surface area (Å²) in [5, 5.41) is 0.522. The van der Waals surface area contributed by atoms with E-state index in [1.54, 1.807) is 17.0 Å². The molecule has 1 aromatic heterocycles. The lowest BCUT2D eigenvalue weighted by atomic mass is 10.0. The number of hydrogen-bond acceptors (Lipinski definition) is 7. The Morgan fingerprint density at radius 1 is 1.03 bits per heavy atom. The predicted octanol–water partition coefficient (Wildman–Crippen LogP) is 4.50. The van der Waals surface area contributed by atoms with Crippen molar-refractivity contribution in [1.82, 2.24) is 4.98 Å². The lowest BCUT2D eigenvalue weighted by molar-refractivity contribution is 0.0916. The summed E-state index contributed by atoms with van der Waals surface area (Å²) in [6.07, 6.45) is 1.63. The normalized spacial score (nSPS) is 18.3. The lowest BCUT2D eigenvalue weighted by Crippen LogP contribution is -2.37. The molecule has 0 bridgehead atoms. The quantitative estimate of drug-likeness (QED) is 0.358. The number of rotatable bonds is 4. The molecule has 1 unspecified atom stereocenters. The fraction of sp³-hybridized carbons (Fsp3) is 0.192. The first-order valence-corrected chi connectivity index (χ1v) is 13.6. The molecule has 0 N–H and O–H groups in total. The molecule has 2 aliphatic heterocycles. The lowest BCUT2D eigenvalue weighted by Gasteiger charge is -2.24. The minimum Gasteiger partial charge on any atom is -0.376 e. The Bertz CT molecular complexity index is 1570. The molecule has 3 heterocycles. The van der Waals surface area contributed by atoms with Gasteiger partial charge in [0, 0.05) is 23.3 Å². The van der Waals surface area contributed by atoms with Crippen LogP contribution in [0.5, 0.6) is 0 Å². The van der Waals surface area contributed by atoms with Crippen LogP contribution < -0.4 is 4.90 Å². The van der Waals surface area contributed by atoms with Gasteiger partial charge >= 0.3 is 0 Å². The van der Waals surface area contributed by atoms with E-state index in [1.807, 2.05) is 24.3 Å². The average Bonchev–Trinajstić information content (AvgIpc) is 3.55. The Labute approximate surface area is 205 Å². The van der Waals surface area contributed by atoms with Crippen LogP contribution in [0.15, 0.2) is 76.5 Å². The first-order valence-electron chi connectivity index (χ1n) is 11.3. The molecule has 1 atom stereocenters. The maximum atomic E-state index is 13.8. The van der Waals surface area contributed by atoms with Crippen LogP contribution in [0.1, 0.15) is 39.1 Å². The highest BCUT2D eigenvalue weighted by Crippen LogP contribution is 2.36. The molecule has 6 rings (SSSR count). The minimum absolute atomic E-state index is 0.0375. The summed E-state index contributed by atoms with van der Waals surface area (Å²) >= 11 is 1.40. The molecule has 4 aromatic rings. The smallest absolute Gasteiger partial charge is 0.260 e. The van der Waals surface area contributed by atoms with Crippen LogP contribution in [-0.4, -0.2) is 44.3 Å². The third kappa shape index (κ3) is 3.67. The fourth-order valence-corrected chi connectivity index (χ4v) is 7.24. The Hall–Kier alpha value is -3.40. The maximum absolute atomic E-state index is 13.8. The van der Waals surface area contributed by atoms with Gasteiger partial charge in [-0.3, -0.25) is 14.5 Å². The van der Waals surface area contributed by atoms with Crippen molar-refractivity contribution in [2.75, 3.05) is 18.1 Å². The van der Waals surface area contributed by atoms with Crippen molar-refractivity contribution in [1.29, 1.82) is 0 Å². The van der Waals surface area contributed by atoms with E-state index in [9.17, 15) is 18.0 Å². The number of nitrogens with zero attached hydrogens (tertiary/aromatic N) is 2. The summed E-state index contributed by atoms with van der Waals surface area (Å²) in [4.78, 5) is 32.8. The van der Waals surface area contributed by atoms with Crippen LogP contribution >= 0.6 is 11.3 Å². The third-order valence-corrected chi connectivity index (χ3v) is 9.26. The third-order valence-electron chi connectivity index (χ3n) is 6.35. The monoisotopic (exact) mass is 504 g/mol. The van der Waals surface area contributed by atoms with E-state index in [4.69, 9.17) is 4.74 Å². The van der Waals surface area contributed by atoms with Gasteiger partial charge in [0.05, 0.1) is 32.7 Å². The standard InChI is InChI=1S/C26H20N2O5S2/c29-24-18-7-1-4-10-22(18)35(31,32)23-14-16(11-12-19(23)24)25(30)28(15-17-6-5-13-33-17)26-27-20-8-2-3-9-21(20)34-26/h1-4,7-12,14,17H,5-6,13,15H2. The summed E-state index contributed by atoms with van der Waals surface area (Å²) in [7, 11) is -3.95. The largest absolute Gasteiger partial charge is 0.376 e. The van der Waals surface area contributed by atoms with Gasteiger partial charge in [-0.25, -0.2) is 13.4 Å². The molecule has 9 heteroatoms. The molecule has 35 heavy (non-hydrogen) atoms. The van der Waals surface area contributed by atoms with Crippen LogP contribution in [0.2, 0.25) is 0 Å². The molecule has 1 fully saturated rings. The first kappa shape index (κ1) is 22.1. The van der Waals surface area contributed by atoms with Gasteiger partial charge in [-0.2, -0.15) is 0 Å². The van der Waals surface area contributed by atoms with E-state index >= 15 is 0 Å². The molecule has 1 saturated heterocycles. The van der Waals surface area contributed by atoms with Crippen LogP contribution in [0.4, 0.5) is 5.13 Å². The Balaban J connectivity index is 1.43. The second-order valence-electron chi connectivity index (χ2n) is 8.55.